The van der Waals surface area contributed by atoms with Crippen LogP contribution in [0.2, 0.25) is 0 Å². The zero-order chi connectivity index (χ0) is 21.4. The molecule has 156 valence electrons. The fourth-order valence-electron chi connectivity index (χ4n) is 2.67. The van der Waals surface area contributed by atoms with Gasteiger partial charge < -0.3 is 0 Å². The Labute approximate surface area is 164 Å². The van der Waals surface area contributed by atoms with E-state index in [2.05, 4.69) is 24.5 Å². The highest BCUT2D eigenvalue weighted by Gasteiger charge is 2.42. The number of aromatic nitrogens is 2. The second kappa shape index (κ2) is 7.59. The summed E-state index contributed by atoms with van der Waals surface area (Å²) in [5.74, 6) is -1.63. The van der Waals surface area contributed by atoms with Crippen molar-refractivity contribution in [3.05, 3.63) is 41.3 Å². The molecule has 1 aliphatic rings. The summed E-state index contributed by atoms with van der Waals surface area (Å²) in [6.45, 7) is 0. The van der Waals surface area contributed by atoms with Crippen molar-refractivity contribution < 1.29 is 36.2 Å². The minimum absolute atomic E-state index is 0.0921. The molecule has 3 rings (SSSR count). The smallest absolute Gasteiger partial charge is 0.291 e. The number of benzene rings is 1. The Bertz CT molecular complexity index is 1040. The van der Waals surface area contributed by atoms with Gasteiger partial charge in [-0.05, 0) is 25.0 Å². The summed E-state index contributed by atoms with van der Waals surface area (Å²) < 4.78 is 65.2. The van der Waals surface area contributed by atoms with Gasteiger partial charge in [-0.15, -0.1) is 0 Å². The fourth-order valence-corrected chi connectivity index (χ4v) is 3.23. The van der Waals surface area contributed by atoms with Crippen LogP contribution in [0.3, 0.4) is 0 Å². The van der Waals surface area contributed by atoms with Crippen molar-refractivity contribution in [1.82, 2.24) is 9.97 Å². The van der Waals surface area contributed by atoms with Crippen LogP contribution in [0.5, 0.6) is 0 Å². The minimum atomic E-state index is -4.92. The number of nitrogens with zero attached hydrogens (tertiary/aromatic N) is 2. The standard InChI is InChI=1S/C17H16F3N3O5S/c1-27-28-16(24)14-15(17(18,19)20)22-13(9-3-4-9)12(21-14)10-5-7-11(8-6-10)23-29(2,25)26/h5-9,23H,3-4H2,1-2H3. The maximum absolute atomic E-state index is 13.4. The molecule has 0 spiro atoms. The maximum atomic E-state index is 13.4. The third-order valence-corrected chi connectivity index (χ3v) is 4.58. The first-order valence-corrected chi connectivity index (χ1v) is 10.2. The monoisotopic (exact) mass is 431 g/mol. The van der Waals surface area contributed by atoms with Crippen molar-refractivity contribution in [3.63, 3.8) is 0 Å². The van der Waals surface area contributed by atoms with Gasteiger partial charge in [0.05, 0.1) is 24.8 Å². The van der Waals surface area contributed by atoms with E-state index in [1.54, 1.807) is 0 Å². The number of sulfonamides is 1. The molecule has 1 N–H and O–H groups in total. The van der Waals surface area contributed by atoms with Crippen molar-refractivity contribution >= 4 is 21.7 Å². The third-order valence-electron chi connectivity index (χ3n) is 3.97. The molecule has 1 saturated carbocycles. The summed E-state index contributed by atoms with van der Waals surface area (Å²) in [5, 5.41) is 0. The molecule has 1 aromatic heterocycles. The predicted molar refractivity (Wildman–Crippen MR) is 95.3 cm³/mol. The number of carbonyl (C=O) groups excluding carboxylic acids is 1. The van der Waals surface area contributed by atoms with Gasteiger partial charge in [-0.1, -0.05) is 12.1 Å². The summed E-state index contributed by atoms with van der Waals surface area (Å²) in [5.41, 5.74) is -1.61. The Morgan fingerprint density at radius 1 is 1.17 bits per heavy atom. The number of halogens is 3. The zero-order valence-electron chi connectivity index (χ0n) is 15.3. The molecule has 1 aromatic carbocycles. The second-order valence-corrected chi connectivity index (χ2v) is 8.16. The number of alkyl halides is 3. The first kappa shape index (κ1) is 21.0. The molecule has 12 heteroatoms. The van der Waals surface area contributed by atoms with Gasteiger partial charge in [0.25, 0.3) is 0 Å². The number of carbonyl (C=O) groups is 1. The Morgan fingerprint density at radius 2 is 1.79 bits per heavy atom. The number of hydrogen-bond donors (Lipinski definition) is 1. The fraction of sp³-hybridized carbons (Fsp3) is 0.353. The summed E-state index contributed by atoms with van der Waals surface area (Å²) in [4.78, 5) is 28.0. The van der Waals surface area contributed by atoms with Crippen molar-refractivity contribution in [2.24, 2.45) is 0 Å². The van der Waals surface area contributed by atoms with Crippen LogP contribution >= 0.6 is 0 Å². The van der Waals surface area contributed by atoms with Gasteiger partial charge in [-0.3, -0.25) is 9.61 Å². The Morgan fingerprint density at radius 3 is 2.28 bits per heavy atom. The Kier molecular flexibility index (Phi) is 5.50. The molecular weight excluding hydrogens is 415 g/mol. The molecule has 29 heavy (non-hydrogen) atoms. The van der Waals surface area contributed by atoms with E-state index in [4.69, 9.17) is 0 Å². The average Bonchev–Trinajstić information content (AvgIpc) is 3.44. The number of rotatable bonds is 6. The molecule has 0 bridgehead atoms. The summed E-state index contributed by atoms with van der Waals surface area (Å²) in [7, 11) is -2.51. The zero-order valence-corrected chi connectivity index (χ0v) is 16.1. The van der Waals surface area contributed by atoms with E-state index >= 15 is 0 Å². The molecule has 0 atom stereocenters. The molecular formula is C17H16F3N3O5S. The Hall–Kier alpha value is -2.73. The van der Waals surface area contributed by atoms with Crippen molar-refractivity contribution in [3.8, 4) is 11.3 Å². The summed E-state index contributed by atoms with van der Waals surface area (Å²) in [6, 6.07) is 5.81. The third kappa shape index (κ3) is 5.01. The molecule has 1 aliphatic carbocycles. The van der Waals surface area contributed by atoms with Gasteiger partial charge in [0.2, 0.25) is 10.0 Å². The number of hydrogen-bond acceptors (Lipinski definition) is 7. The van der Waals surface area contributed by atoms with Crippen molar-refractivity contribution in [2.75, 3.05) is 18.1 Å². The molecule has 0 unspecified atom stereocenters. The number of anilines is 1. The van der Waals surface area contributed by atoms with E-state index in [-0.39, 0.29) is 23.0 Å². The quantitative estimate of drug-likeness (QED) is 0.553. The maximum Gasteiger partial charge on any atom is 0.435 e. The summed E-state index contributed by atoms with van der Waals surface area (Å²) >= 11 is 0. The summed E-state index contributed by atoms with van der Waals surface area (Å²) in [6.07, 6.45) is -2.63. The van der Waals surface area contributed by atoms with Crippen LogP contribution < -0.4 is 4.72 Å². The molecule has 1 fully saturated rings. The van der Waals surface area contributed by atoms with E-state index in [0.29, 0.717) is 18.4 Å². The van der Waals surface area contributed by atoms with Crippen LogP contribution in [0.25, 0.3) is 11.3 Å². The van der Waals surface area contributed by atoms with Gasteiger partial charge in [0, 0.05) is 17.2 Å². The molecule has 0 saturated heterocycles. The normalized spacial score (nSPS) is 14.5. The van der Waals surface area contributed by atoms with Crippen LogP contribution in [0.15, 0.2) is 24.3 Å². The lowest BCUT2D eigenvalue weighted by Crippen LogP contribution is -2.21. The van der Waals surface area contributed by atoms with Crippen LogP contribution in [0, 0.1) is 0 Å². The van der Waals surface area contributed by atoms with Gasteiger partial charge in [0.1, 0.15) is 0 Å². The lowest BCUT2D eigenvalue weighted by molar-refractivity contribution is -0.217. The average molecular weight is 431 g/mol. The van der Waals surface area contributed by atoms with Gasteiger partial charge >= 0.3 is 12.1 Å². The molecule has 1 heterocycles. The highest BCUT2D eigenvalue weighted by atomic mass is 32.2. The lowest BCUT2D eigenvalue weighted by atomic mass is 10.1. The van der Waals surface area contributed by atoms with Crippen molar-refractivity contribution in [1.29, 1.82) is 0 Å². The van der Waals surface area contributed by atoms with Crippen molar-refractivity contribution in [2.45, 2.75) is 24.9 Å². The minimum Gasteiger partial charge on any atom is -0.291 e. The molecule has 2 aromatic rings. The van der Waals surface area contributed by atoms with E-state index in [1.165, 1.54) is 24.3 Å². The van der Waals surface area contributed by atoms with Crippen LogP contribution in [-0.4, -0.2) is 37.7 Å². The molecule has 8 nitrogen and oxygen atoms in total. The highest BCUT2D eigenvalue weighted by Crippen LogP contribution is 2.44. The number of nitrogens with one attached hydrogen (secondary N) is 1. The first-order valence-electron chi connectivity index (χ1n) is 8.32. The highest BCUT2D eigenvalue weighted by molar-refractivity contribution is 7.92. The lowest BCUT2D eigenvalue weighted by Gasteiger charge is -2.15. The van der Waals surface area contributed by atoms with E-state index in [0.717, 1.165) is 13.4 Å². The SMILES string of the molecule is COOC(=O)c1nc(-c2ccc(NS(C)(=O)=O)cc2)c(C2CC2)nc1C(F)(F)F. The van der Waals surface area contributed by atoms with E-state index in [9.17, 15) is 26.4 Å². The van der Waals surface area contributed by atoms with Crippen LogP contribution in [0.4, 0.5) is 18.9 Å². The second-order valence-electron chi connectivity index (χ2n) is 6.42. The van der Waals surface area contributed by atoms with Crippen LogP contribution in [0.1, 0.15) is 40.6 Å². The largest absolute Gasteiger partial charge is 0.435 e. The molecule has 0 aliphatic heterocycles. The van der Waals surface area contributed by atoms with Gasteiger partial charge in [0.15, 0.2) is 11.4 Å². The van der Waals surface area contributed by atoms with E-state index in [1.807, 2.05) is 0 Å². The molecule has 0 amide bonds. The van der Waals surface area contributed by atoms with Gasteiger partial charge in [-0.2, -0.15) is 18.1 Å². The Balaban J connectivity index is 2.12. The predicted octanol–water partition coefficient (Wildman–Crippen LogP) is 3.13. The van der Waals surface area contributed by atoms with Gasteiger partial charge in [-0.25, -0.2) is 23.2 Å². The van der Waals surface area contributed by atoms with E-state index < -0.39 is 33.6 Å². The molecule has 0 radical (unpaired) electrons. The topological polar surface area (TPSA) is 107 Å². The van der Waals surface area contributed by atoms with Crippen LogP contribution in [-0.2, 0) is 26.0 Å². The first-order chi connectivity index (χ1) is 13.5.